The number of hydrogen-bond acceptors (Lipinski definition) is 3. The zero-order valence-electron chi connectivity index (χ0n) is 12.5. The number of carbonyl (C=O) groups is 2. The van der Waals surface area contributed by atoms with E-state index >= 15 is 0 Å². The number of ether oxygens (including phenoxy) is 1. The number of halogens is 3. The lowest BCUT2D eigenvalue weighted by Crippen LogP contribution is -2.47. The standard InChI is InChI=1S/C14H21F3N2O3/c1-9-6-10-4-2-3-5-11(10)19(9)12(20)7-18-13(21)22-8-14(15,16)17/h9-11H,2-8H2,1H3,(H,18,21)/t9-,10-,11-/m0/s1. The molecule has 22 heavy (non-hydrogen) atoms. The fourth-order valence-electron chi connectivity index (χ4n) is 3.58. The van der Waals surface area contributed by atoms with Gasteiger partial charge in [0, 0.05) is 12.1 Å². The van der Waals surface area contributed by atoms with Gasteiger partial charge in [0.1, 0.15) is 6.54 Å². The summed E-state index contributed by atoms with van der Waals surface area (Å²) in [6, 6.07) is 0.304. The van der Waals surface area contributed by atoms with E-state index in [1.807, 2.05) is 6.92 Å². The molecule has 0 aromatic carbocycles. The molecule has 5 nitrogen and oxygen atoms in total. The number of carbonyl (C=O) groups excluding carboxylic acids is 2. The van der Waals surface area contributed by atoms with Gasteiger partial charge >= 0.3 is 12.3 Å². The average molecular weight is 322 g/mol. The van der Waals surface area contributed by atoms with Crippen molar-refractivity contribution in [2.24, 2.45) is 5.92 Å². The van der Waals surface area contributed by atoms with E-state index in [1.54, 1.807) is 4.90 Å². The summed E-state index contributed by atoms with van der Waals surface area (Å²) in [5, 5.41) is 2.10. The number of nitrogens with one attached hydrogen (secondary N) is 1. The second kappa shape index (κ2) is 6.75. The van der Waals surface area contributed by atoms with Gasteiger partial charge in [-0.25, -0.2) is 4.79 Å². The van der Waals surface area contributed by atoms with E-state index in [9.17, 15) is 22.8 Å². The third kappa shape index (κ3) is 4.27. The summed E-state index contributed by atoms with van der Waals surface area (Å²) in [5.41, 5.74) is 0. The minimum Gasteiger partial charge on any atom is -0.440 e. The number of alkyl halides is 3. The van der Waals surface area contributed by atoms with Crippen LogP contribution in [0.3, 0.4) is 0 Å². The van der Waals surface area contributed by atoms with Gasteiger partial charge in [-0.15, -0.1) is 0 Å². The first-order valence-corrected chi connectivity index (χ1v) is 7.56. The molecule has 1 aliphatic heterocycles. The molecule has 1 aliphatic carbocycles. The number of alkyl carbamates (subject to hydrolysis) is 1. The Labute approximate surface area is 127 Å². The highest BCUT2D eigenvalue weighted by Crippen LogP contribution is 2.39. The third-order valence-corrected chi connectivity index (χ3v) is 4.38. The first kappa shape index (κ1) is 16.9. The molecule has 8 heteroatoms. The summed E-state index contributed by atoms with van der Waals surface area (Å²) < 4.78 is 39.8. The summed E-state index contributed by atoms with van der Waals surface area (Å²) >= 11 is 0. The van der Waals surface area contributed by atoms with Crippen LogP contribution in [0, 0.1) is 5.92 Å². The Bertz CT molecular complexity index is 428. The largest absolute Gasteiger partial charge is 0.440 e. The maximum atomic E-state index is 12.2. The highest BCUT2D eigenvalue weighted by atomic mass is 19.4. The molecule has 0 spiro atoms. The third-order valence-electron chi connectivity index (χ3n) is 4.38. The number of fused-ring (bicyclic) bond motifs is 1. The Morgan fingerprint density at radius 1 is 1.27 bits per heavy atom. The van der Waals surface area contributed by atoms with Crippen molar-refractivity contribution in [1.82, 2.24) is 10.2 Å². The Morgan fingerprint density at radius 2 is 1.95 bits per heavy atom. The van der Waals surface area contributed by atoms with Crippen LogP contribution in [0.2, 0.25) is 0 Å². The molecule has 2 rings (SSSR count). The van der Waals surface area contributed by atoms with Crippen molar-refractivity contribution in [3.8, 4) is 0 Å². The number of nitrogens with zero attached hydrogens (tertiary/aromatic N) is 1. The molecule has 1 saturated carbocycles. The lowest BCUT2D eigenvalue weighted by molar-refractivity contribution is -0.160. The van der Waals surface area contributed by atoms with Crippen molar-refractivity contribution in [2.45, 2.75) is 57.3 Å². The smallest absolute Gasteiger partial charge is 0.422 e. The number of hydrogen-bond donors (Lipinski definition) is 1. The Morgan fingerprint density at radius 3 is 2.64 bits per heavy atom. The normalized spacial score (nSPS) is 28.2. The lowest BCUT2D eigenvalue weighted by atomic mass is 9.85. The van der Waals surface area contributed by atoms with Crippen molar-refractivity contribution < 1.29 is 27.5 Å². The van der Waals surface area contributed by atoms with Crippen LogP contribution in [0.25, 0.3) is 0 Å². The van der Waals surface area contributed by atoms with Crippen LogP contribution in [0.4, 0.5) is 18.0 Å². The highest BCUT2D eigenvalue weighted by molar-refractivity contribution is 5.83. The van der Waals surface area contributed by atoms with Gasteiger partial charge in [0.05, 0.1) is 0 Å². The summed E-state index contributed by atoms with van der Waals surface area (Å²) in [6.45, 7) is -0.0136. The minimum atomic E-state index is -4.57. The fourth-order valence-corrected chi connectivity index (χ4v) is 3.58. The van der Waals surface area contributed by atoms with E-state index in [2.05, 4.69) is 10.1 Å². The van der Waals surface area contributed by atoms with Crippen molar-refractivity contribution in [1.29, 1.82) is 0 Å². The molecule has 2 amide bonds. The molecule has 1 heterocycles. The van der Waals surface area contributed by atoms with Crippen LogP contribution < -0.4 is 5.32 Å². The summed E-state index contributed by atoms with van der Waals surface area (Å²) in [7, 11) is 0. The molecule has 3 atom stereocenters. The molecule has 126 valence electrons. The molecule has 0 unspecified atom stereocenters. The van der Waals surface area contributed by atoms with Gasteiger partial charge in [-0.2, -0.15) is 13.2 Å². The van der Waals surface area contributed by atoms with Crippen molar-refractivity contribution in [2.75, 3.05) is 13.2 Å². The van der Waals surface area contributed by atoms with E-state index in [-0.39, 0.29) is 24.5 Å². The van der Waals surface area contributed by atoms with Crippen LogP contribution in [-0.4, -0.2) is 48.3 Å². The average Bonchev–Trinajstić information content (AvgIpc) is 2.77. The first-order valence-electron chi connectivity index (χ1n) is 7.56. The summed E-state index contributed by atoms with van der Waals surface area (Å²) in [4.78, 5) is 25.2. The second-order valence-corrected chi connectivity index (χ2v) is 6.04. The number of likely N-dealkylation sites (tertiary alicyclic amines) is 1. The van der Waals surface area contributed by atoms with Gasteiger partial charge in [-0.05, 0) is 32.1 Å². The molecular weight excluding hydrogens is 301 g/mol. The van der Waals surface area contributed by atoms with Crippen molar-refractivity contribution in [3.05, 3.63) is 0 Å². The van der Waals surface area contributed by atoms with Gasteiger partial charge in [0.2, 0.25) is 5.91 Å². The van der Waals surface area contributed by atoms with E-state index in [1.165, 1.54) is 6.42 Å². The van der Waals surface area contributed by atoms with E-state index < -0.39 is 18.9 Å². The number of amides is 2. The first-order chi connectivity index (χ1) is 10.3. The molecule has 0 aromatic heterocycles. The maximum Gasteiger partial charge on any atom is 0.422 e. The SMILES string of the molecule is C[C@H]1C[C@@H]2CCCC[C@@H]2N1C(=O)CNC(=O)OCC(F)(F)F. The number of rotatable bonds is 3. The summed E-state index contributed by atoms with van der Waals surface area (Å²) in [6.07, 6.45) is -0.511. The van der Waals surface area contributed by atoms with Crippen molar-refractivity contribution in [3.63, 3.8) is 0 Å². The maximum absolute atomic E-state index is 12.2. The van der Waals surface area contributed by atoms with Crippen LogP contribution in [0.1, 0.15) is 39.0 Å². The van der Waals surface area contributed by atoms with Crippen LogP contribution in [-0.2, 0) is 9.53 Å². The van der Waals surface area contributed by atoms with Crippen LogP contribution >= 0.6 is 0 Å². The molecule has 2 fully saturated rings. The molecule has 0 radical (unpaired) electrons. The molecule has 0 bridgehead atoms. The molecular formula is C14H21F3N2O3. The topological polar surface area (TPSA) is 58.6 Å². The zero-order chi connectivity index (χ0) is 16.3. The Hall–Kier alpha value is -1.47. The van der Waals surface area contributed by atoms with Gasteiger partial charge < -0.3 is 15.0 Å². The molecule has 2 aliphatic rings. The van der Waals surface area contributed by atoms with E-state index in [0.29, 0.717) is 5.92 Å². The van der Waals surface area contributed by atoms with Gasteiger partial charge in [0.15, 0.2) is 6.61 Å². The van der Waals surface area contributed by atoms with Crippen molar-refractivity contribution >= 4 is 12.0 Å². The van der Waals surface area contributed by atoms with Gasteiger partial charge in [0.25, 0.3) is 0 Å². The monoisotopic (exact) mass is 322 g/mol. The Balaban J connectivity index is 1.80. The highest BCUT2D eigenvalue weighted by Gasteiger charge is 2.42. The van der Waals surface area contributed by atoms with E-state index in [4.69, 9.17) is 0 Å². The minimum absolute atomic E-state index is 0.105. The molecule has 1 N–H and O–H groups in total. The lowest BCUT2D eigenvalue weighted by Gasteiger charge is -2.33. The van der Waals surface area contributed by atoms with Gasteiger partial charge in [-0.3, -0.25) is 4.79 Å². The molecule has 0 aromatic rings. The predicted molar refractivity (Wildman–Crippen MR) is 72.1 cm³/mol. The second-order valence-electron chi connectivity index (χ2n) is 6.04. The van der Waals surface area contributed by atoms with E-state index in [0.717, 1.165) is 25.7 Å². The predicted octanol–water partition coefficient (Wildman–Crippen LogP) is 2.45. The fraction of sp³-hybridized carbons (Fsp3) is 0.857. The Kier molecular flexibility index (Phi) is 5.18. The van der Waals surface area contributed by atoms with Crippen LogP contribution in [0.5, 0.6) is 0 Å². The summed E-state index contributed by atoms with van der Waals surface area (Å²) in [5.74, 6) is 0.246. The van der Waals surface area contributed by atoms with Crippen LogP contribution in [0.15, 0.2) is 0 Å². The quantitative estimate of drug-likeness (QED) is 0.868. The van der Waals surface area contributed by atoms with Gasteiger partial charge in [-0.1, -0.05) is 12.8 Å². The zero-order valence-corrected chi connectivity index (χ0v) is 12.5. The molecule has 1 saturated heterocycles.